The Morgan fingerprint density at radius 3 is 1.64 bits per heavy atom. The van der Waals surface area contributed by atoms with E-state index in [2.05, 4.69) is 5.73 Å². The molecule has 0 bridgehead atoms. The minimum absolute atomic E-state index is 1.91. The number of rotatable bonds is 2. The molecule has 0 aromatic rings. The summed E-state index contributed by atoms with van der Waals surface area (Å²) in [7, 11) is 0. The van der Waals surface area contributed by atoms with Gasteiger partial charge in [0.25, 0.3) is 5.92 Å². The average Bonchev–Trinajstić information content (AvgIpc) is 1.84. The Labute approximate surface area is 58.8 Å². The molecule has 2 nitrogen and oxygen atoms in total. The van der Waals surface area contributed by atoms with Gasteiger partial charge in [-0.25, -0.2) is 8.78 Å². The number of aliphatic hydroxyl groups is 1. The summed E-state index contributed by atoms with van der Waals surface area (Å²) in [5.41, 5.74) is 4.10. The van der Waals surface area contributed by atoms with E-state index in [-0.39, 0.29) is 0 Å². The maximum absolute atomic E-state index is 11.9. The Morgan fingerprint density at radius 1 is 1.18 bits per heavy atom. The molecule has 0 aliphatic heterocycles. The molecule has 0 heterocycles. The molecular formula is C4H6F5NO. The molecule has 0 aliphatic carbocycles. The molecule has 68 valence electrons. The number of nitrogens with two attached hydrogens (primary N) is 1. The van der Waals surface area contributed by atoms with Gasteiger partial charge in [-0.15, -0.1) is 0 Å². The highest BCUT2D eigenvalue weighted by molar-refractivity contribution is 4.85. The van der Waals surface area contributed by atoms with Crippen LogP contribution in [0.3, 0.4) is 0 Å². The highest BCUT2D eigenvalue weighted by Crippen LogP contribution is 2.29. The zero-order valence-electron chi connectivity index (χ0n) is 5.20. The highest BCUT2D eigenvalue weighted by atomic mass is 19.4. The van der Waals surface area contributed by atoms with Crippen LogP contribution in [0.5, 0.6) is 0 Å². The third-order valence-corrected chi connectivity index (χ3v) is 1.02. The van der Waals surface area contributed by atoms with Crippen LogP contribution in [0, 0.1) is 0 Å². The lowest BCUT2D eigenvalue weighted by Crippen LogP contribution is -2.53. The Kier molecular flexibility index (Phi) is 2.79. The first-order chi connectivity index (χ1) is 4.72. The van der Waals surface area contributed by atoms with Crippen LogP contribution in [0.15, 0.2) is 0 Å². The average molecular weight is 179 g/mol. The zero-order chi connectivity index (χ0) is 9.28. The molecule has 0 saturated heterocycles. The summed E-state index contributed by atoms with van der Waals surface area (Å²) >= 11 is 0. The van der Waals surface area contributed by atoms with E-state index in [1.54, 1.807) is 0 Å². The number of aliphatic hydroxyl groups excluding tert-OH is 1. The van der Waals surface area contributed by atoms with Crippen molar-refractivity contribution in [1.82, 2.24) is 0 Å². The van der Waals surface area contributed by atoms with Gasteiger partial charge in [-0.3, -0.25) is 0 Å². The van der Waals surface area contributed by atoms with Gasteiger partial charge < -0.3 is 10.8 Å². The predicted octanol–water partition coefficient (Wildman–Crippen LogP) is 0.504. The topological polar surface area (TPSA) is 46.2 Å². The number of alkyl halides is 5. The summed E-state index contributed by atoms with van der Waals surface area (Å²) in [6.07, 6.45) is -5.19. The molecule has 0 rings (SSSR count). The van der Waals surface area contributed by atoms with E-state index in [4.69, 9.17) is 5.11 Å². The van der Waals surface area contributed by atoms with Gasteiger partial charge in [-0.1, -0.05) is 0 Å². The van der Waals surface area contributed by atoms with Crippen molar-refractivity contribution >= 4 is 0 Å². The third kappa shape index (κ3) is 2.58. The summed E-state index contributed by atoms with van der Waals surface area (Å²) in [5, 5.41) is 7.80. The highest BCUT2D eigenvalue weighted by Gasteiger charge is 2.52. The second kappa shape index (κ2) is 2.90. The smallest absolute Gasteiger partial charge is 0.390 e. The predicted molar refractivity (Wildman–Crippen MR) is 26.1 cm³/mol. The summed E-state index contributed by atoms with van der Waals surface area (Å²) in [4.78, 5) is 0. The van der Waals surface area contributed by atoms with E-state index >= 15 is 0 Å². The molecule has 0 unspecified atom stereocenters. The van der Waals surface area contributed by atoms with Gasteiger partial charge in [0, 0.05) is 0 Å². The molecule has 0 aliphatic rings. The van der Waals surface area contributed by atoms with Gasteiger partial charge in [0.1, 0.15) is 6.61 Å². The SMILES string of the molecule is N[C@H](C(F)(F)F)C(F)(F)CO. The first kappa shape index (κ1) is 10.6. The van der Waals surface area contributed by atoms with Crippen molar-refractivity contribution in [2.24, 2.45) is 5.73 Å². The van der Waals surface area contributed by atoms with Crippen molar-refractivity contribution in [3.8, 4) is 0 Å². The first-order valence-corrected chi connectivity index (χ1v) is 2.53. The van der Waals surface area contributed by atoms with Crippen molar-refractivity contribution in [2.45, 2.75) is 18.1 Å². The van der Waals surface area contributed by atoms with E-state index < -0.39 is 24.7 Å². The summed E-state index contributed by atoms with van der Waals surface area (Å²) in [6.45, 7) is -1.91. The van der Waals surface area contributed by atoms with Crippen LogP contribution in [0.1, 0.15) is 0 Å². The summed E-state index contributed by atoms with van der Waals surface area (Å²) in [5.74, 6) is -4.31. The molecule has 0 aromatic heterocycles. The van der Waals surface area contributed by atoms with Crippen LogP contribution in [0.4, 0.5) is 22.0 Å². The van der Waals surface area contributed by atoms with Gasteiger partial charge in [0.15, 0.2) is 6.04 Å². The van der Waals surface area contributed by atoms with Gasteiger partial charge in [-0.05, 0) is 0 Å². The minimum Gasteiger partial charge on any atom is -0.390 e. The van der Waals surface area contributed by atoms with Crippen molar-refractivity contribution in [2.75, 3.05) is 6.61 Å². The lowest BCUT2D eigenvalue weighted by molar-refractivity contribution is -0.213. The van der Waals surface area contributed by atoms with E-state index in [0.717, 1.165) is 0 Å². The molecule has 0 amide bonds. The molecule has 7 heteroatoms. The Bertz CT molecular complexity index is 133. The van der Waals surface area contributed by atoms with Crippen LogP contribution >= 0.6 is 0 Å². The Balaban J connectivity index is 4.35. The van der Waals surface area contributed by atoms with Gasteiger partial charge >= 0.3 is 6.18 Å². The molecule has 0 fully saturated rings. The van der Waals surface area contributed by atoms with Gasteiger partial charge in [-0.2, -0.15) is 13.2 Å². The van der Waals surface area contributed by atoms with E-state index in [1.807, 2.05) is 0 Å². The molecule has 0 spiro atoms. The fourth-order valence-electron chi connectivity index (χ4n) is 0.338. The molecule has 3 N–H and O–H groups in total. The van der Waals surface area contributed by atoms with Crippen LogP contribution in [0.25, 0.3) is 0 Å². The van der Waals surface area contributed by atoms with Crippen LogP contribution in [-0.2, 0) is 0 Å². The van der Waals surface area contributed by atoms with Crippen molar-refractivity contribution in [3.63, 3.8) is 0 Å². The van der Waals surface area contributed by atoms with E-state index in [1.165, 1.54) is 0 Å². The molecular weight excluding hydrogens is 173 g/mol. The molecule has 1 atom stereocenters. The summed E-state index contributed by atoms with van der Waals surface area (Å²) < 4.78 is 58.1. The van der Waals surface area contributed by atoms with Crippen LogP contribution < -0.4 is 5.73 Å². The molecule has 0 saturated carbocycles. The van der Waals surface area contributed by atoms with Crippen LogP contribution in [-0.4, -0.2) is 29.9 Å². The first-order valence-electron chi connectivity index (χ1n) is 2.53. The normalized spacial score (nSPS) is 16.6. The number of halogens is 5. The van der Waals surface area contributed by atoms with Crippen LogP contribution in [0.2, 0.25) is 0 Å². The fourth-order valence-corrected chi connectivity index (χ4v) is 0.338. The minimum atomic E-state index is -5.19. The van der Waals surface area contributed by atoms with E-state index in [9.17, 15) is 22.0 Å². The summed E-state index contributed by atoms with van der Waals surface area (Å²) in [6, 6.07) is -3.31. The van der Waals surface area contributed by atoms with Crippen molar-refractivity contribution < 1.29 is 27.1 Å². The lowest BCUT2D eigenvalue weighted by atomic mass is 10.1. The quantitative estimate of drug-likeness (QED) is 0.606. The maximum atomic E-state index is 11.9. The second-order valence-corrected chi connectivity index (χ2v) is 1.94. The largest absolute Gasteiger partial charge is 0.409 e. The van der Waals surface area contributed by atoms with Crippen molar-refractivity contribution in [3.05, 3.63) is 0 Å². The van der Waals surface area contributed by atoms with Crippen molar-refractivity contribution in [1.29, 1.82) is 0 Å². The Morgan fingerprint density at radius 2 is 1.55 bits per heavy atom. The molecule has 11 heavy (non-hydrogen) atoms. The number of hydrogen-bond donors (Lipinski definition) is 2. The van der Waals surface area contributed by atoms with E-state index in [0.29, 0.717) is 0 Å². The monoisotopic (exact) mass is 179 g/mol. The fraction of sp³-hybridized carbons (Fsp3) is 1.00. The second-order valence-electron chi connectivity index (χ2n) is 1.94. The zero-order valence-corrected chi connectivity index (χ0v) is 5.20. The molecule has 0 aromatic carbocycles. The van der Waals surface area contributed by atoms with Gasteiger partial charge in [0.05, 0.1) is 0 Å². The third-order valence-electron chi connectivity index (χ3n) is 1.02. The molecule has 0 radical (unpaired) electrons. The standard InChI is InChI=1S/C4H6F5NO/c5-3(6,1-11)2(10)4(7,8)9/h2,11H,1,10H2/t2-/m0/s1. The van der Waals surface area contributed by atoms with Gasteiger partial charge in [0.2, 0.25) is 0 Å². The lowest BCUT2D eigenvalue weighted by Gasteiger charge is -2.23. The maximum Gasteiger partial charge on any atom is 0.409 e. The Hall–Kier alpha value is -0.430. The number of hydrogen-bond acceptors (Lipinski definition) is 2.